The highest BCUT2D eigenvalue weighted by Crippen LogP contribution is 2.40. The third kappa shape index (κ3) is 5.60. The lowest BCUT2D eigenvalue weighted by Crippen LogP contribution is -2.51. The van der Waals surface area contributed by atoms with E-state index in [1.807, 2.05) is 6.92 Å². The van der Waals surface area contributed by atoms with Gasteiger partial charge in [0.2, 0.25) is 15.9 Å². The van der Waals surface area contributed by atoms with Crippen LogP contribution in [0.2, 0.25) is 0 Å². The number of alkyl carbamates (subject to hydrolysis) is 1. The number of fused-ring (bicyclic) bond motifs is 1. The highest BCUT2D eigenvalue weighted by atomic mass is 32.2. The monoisotopic (exact) mass is 491 g/mol. The predicted octanol–water partition coefficient (Wildman–Crippen LogP) is 2.75. The van der Waals surface area contributed by atoms with Gasteiger partial charge in [-0.2, -0.15) is 17.5 Å². The summed E-state index contributed by atoms with van der Waals surface area (Å²) >= 11 is 0. The number of nitrogens with zero attached hydrogens (tertiary/aromatic N) is 1. The molecule has 2 amide bonds. The first-order chi connectivity index (χ1) is 15.5. The molecule has 1 aromatic carbocycles. The molecular formula is C21H28F3N3O5S. The molecule has 0 aromatic heterocycles. The molecular weight excluding hydrogens is 463 g/mol. The summed E-state index contributed by atoms with van der Waals surface area (Å²) in [5, 5.41) is 5.46. The number of alkyl halides is 3. The second-order valence-corrected chi connectivity index (χ2v) is 10.4. The van der Waals surface area contributed by atoms with Crippen LogP contribution in [0.25, 0.3) is 0 Å². The summed E-state index contributed by atoms with van der Waals surface area (Å²) in [6.45, 7) is 2.30. The predicted molar refractivity (Wildman–Crippen MR) is 113 cm³/mol. The fourth-order valence-electron chi connectivity index (χ4n) is 4.61. The van der Waals surface area contributed by atoms with Crippen molar-refractivity contribution in [3.8, 4) is 0 Å². The second-order valence-electron chi connectivity index (χ2n) is 8.44. The van der Waals surface area contributed by atoms with Gasteiger partial charge in [0.15, 0.2) is 0 Å². The average Bonchev–Trinajstić information content (AvgIpc) is 3.35. The van der Waals surface area contributed by atoms with Gasteiger partial charge < -0.3 is 15.4 Å². The van der Waals surface area contributed by atoms with Crippen molar-refractivity contribution in [1.82, 2.24) is 14.9 Å². The van der Waals surface area contributed by atoms with Crippen molar-refractivity contribution in [3.63, 3.8) is 0 Å². The minimum absolute atomic E-state index is 0.0396. The van der Waals surface area contributed by atoms with Crippen LogP contribution in [0.15, 0.2) is 29.2 Å². The molecule has 2 aliphatic rings. The molecule has 2 fully saturated rings. The standard InChI is InChI=1S/C21H28F3N3O5S/c1-3-4-18(26-20(29)32-2)19(28)25-17-10-5-13-11-27(12-16(13)17)33(30,31)15-8-6-14(7-9-15)21(22,23)24/h6-9,13,16-18H,3-5,10-12H2,1-2H3,(H,25,28)(H,26,29)/t13-,16+,17+,18+/m1/s1. The molecule has 1 aromatic rings. The van der Waals surface area contributed by atoms with Crippen molar-refractivity contribution in [2.45, 2.75) is 55.8 Å². The van der Waals surface area contributed by atoms with Crippen LogP contribution in [-0.4, -0.2) is 57.0 Å². The Hall–Kier alpha value is -2.34. The third-order valence-electron chi connectivity index (χ3n) is 6.34. The maximum atomic E-state index is 13.0. The van der Waals surface area contributed by atoms with Gasteiger partial charge >= 0.3 is 12.3 Å². The lowest BCUT2D eigenvalue weighted by Gasteiger charge is -2.24. The lowest BCUT2D eigenvalue weighted by atomic mass is 9.97. The number of benzene rings is 1. The SMILES string of the molecule is CCC[C@H](NC(=O)OC)C(=O)N[C@H]1CC[C@@H]2CN(S(=O)(=O)c3ccc(C(F)(F)F)cc3)C[C@@H]21. The van der Waals surface area contributed by atoms with Gasteiger partial charge in [-0.05, 0) is 55.4 Å². The maximum Gasteiger partial charge on any atom is 0.416 e. The molecule has 0 unspecified atom stereocenters. The number of carbonyl (C=O) groups is 2. The largest absolute Gasteiger partial charge is 0.453 e. The summed E-state index contributed by atoms with van der Waals surface area (Å²) < 4.78 is 70.2. The van der Waals surface area contributed by atoms with Gasteiger partial charge in [0.25, 0.3) is 0 Å². The molecule has 0 bridgehead atoms. The van der Waals surface area contributed by atoms with E-state index in [9.17, 15) is 31.2 Å². The summed E-state index contributed by atoms with van der Waals surface area (Å²) in [5.74, 6) is -0.423. The van der Waals surface area contributed by atoms with Gasteiger partial charge in [0, 0.05) is 19.1 Å². The van der Waals surface area contributed by atoms with Gasteiger partial charge in [0.05, 0.1) is 17.6 Å². The van der Waals surface area contributed by atoms with E-state index in [-0.39, 0.29) is 41.8 Å². The van der Waals surface area contributed by atoms with E-state index in [4.69, 9.17) is 0 Å². The molecule has 1 aliphatic heterocycles. The van der Waals surface area contributed by atoms with E-state index in [1.54, 1.807) is 0 Å². The molecule has 12 heteroatoms. The smallest absolute Gasteiger partial charge is 0.416 e. The van der Waals surface area contributed by atoms with E-state index >= 15 is 0 Å². The fraction of sp³-hybridized carbons (Fsp3) is 0.619. The molecule has 33 heavy (non-hydrogen) atoms. The summed E-state index contributed by atoms with van der Waals surface area (Å²) in [7, 11) is -2.75. The van der Waals surface area contributed by atoms with E-state index in [0.717, 1.165) is 30.7 Å². The van der Waals surface area contributed by atoms with Crippen molar-refractivity contribution in [2.75, 3.05) is 20.2 Å². The number of sulfonamides is 1. The summed E-state index contributed by atoms with van der Waals surface area (Å²) in [4.78, 5) is 24.1. The van der Waals surface area contributed by atoms with E-state index < -0.39 is 33.9 Å². The molecule has 0 radical (unpaired) electrons. The summed E-state index contributed by atoms with van der Waals surface area (Å²) in [6, 6.07) is 2.45. The van der Waals surface area contributed by atoms with Gasteiger partial charge in [-0.1, -0.05) is 13.3 Å². The van der Waals surface area contributed by atoms with Gasteiger partial charge in [-0.25, -0.2) is 13.2 Å². The number of methoxy groups -OCH3 is 1. The van der Waals surface area contributed by atoms with Crippen LogP contribution in [0.3, 0.4) is 0 Å². The lowest BCUT2D eigenvalue weighted by molar-refractivity contribution is -0.137. The Morgan fingerprint density at radius 3 is 2.42 bits per heavy atom. The molecule has 2 N–H and O–H groups in total. The topological polar surface area (TPSA) is 105 Å². The Labute approximate surface area is 190 Å². The molecule has 184 valence electrons. The van der Waals surface area contributed by atoms with Crippen molar-refractivity contribution in [1.29, 1.82) is 0 Å². The number of carbonyl (C=O) groups excluding carboxylic acids is 2. The molecule has 3 rings (SSSR count). The number of nitrogens with one attached hydrogen (secondary N) is 2. The Morgan fingerprint density at radius 2 is 1.85 bits per heavy atom. The number of rotatable bonds is 7. The number of ether oxygens (including phenoxy) is 1. The number of amides is 2. The molecule has 1 saturated heterocycles. The van der Waals surface area contributed by atoms with Crippen molar-refractivity contribution >= 4 is 22.0 Å². The second kappa shape index (κ2) is 9.88. The van der Waals surface area contributed by atoms with E-state index in [2.05, 4.69) is 15.4 Å². The van der Waals surface area contributed by atoms with Crippen molar-refractivity contribution in [3.05, 3.63) is 29.8 Å². The molecule has 1 saturated carbocycles. The first kappa shape index (κ1) is 25.3. The highest BCUT2D eigenvalue weighted by molar-refractivity contribution is 7.89. The van der Waals surface area contributed by atoms with Crippen LogP contribution in [0.5, 0.6) is 0 Å². The van der Waals surface area contributed by atoms with E-state index in [1.165, 1.54) is 11.4 Å². The van der Waals surface area contributed by atoms with Crippen LogP contribution in [0, 0.1) is 11.8 Å². The Morgan fingerprint density at radius 1 is 1.18 bits per heavy atom. The molecule has 4 atom stereocenters. The number of hydrogen-bond donors (Lipinski definition) is 2. The van der Waals surface area contributed by atoms with Crippen LogP contribution >= 0.6 is 0 Å². The fourth-order valence-corrected chi connectivity index (χ4v) is 6.14. The van der Waals surface area contributed by atoms with Gasteiger partial charge in [0.1, 0.15) is 6.04 Å². The zero-order chi connectivity index (χ0) is 24.4. The zero-order valence-electron chi connectivity index (χ0n) is 18.4. The first-order valence-corrected chi connectivity index (χ1v) is 12.2. The molecule has 0 spiro atoms. The summed E-state index contributed by atoms with van der Waals surface area (Å²) in [6.07, 6.45) is -2.75. The van der Waals surface area contributed by atoms with Crippen LogP contribution in [-0.2, 0) is 25.7 Å². The molecule has 8 nitrogen and oxygen atoms in total. The minimum Gasteiger partial charge on any atom is -0.453 e. The Balaban J connectivity index is 1.67. The minimum atomic E-state index is -4.54. The molecule has 1 aliphatic carbocycles. The number of halogens is 3. The van der Waals surface area contributed by atoms with Crippen LogP contribution in [0.4, 0.5) is 18.0 Å². The van der Waals surface area contributed by atoms with E-state index in [0.29, 0.717) is 19.3 Å². The normalized spacial score (nSPS) is 24.2. The average molecular weight is 492 g/mol. The van der Waals surface area contributed by atoms with Crippen molar-refractivity contribution in [2.24, 2.45) is 11.8 Å². The van der Waals surface area contributed by atoms with Crippen molar-refractivity contribution < 1.29 is 35.9 Å². The summed E-state index contributed by atoms with van der Waals surface area (Å²) in [5.41, 5.74) is -0.912. The van der Waals surface area contributed by atoms with Crippen LogP contribution in [0.1, 0.15) is 38.2 Å². The maximum absolute atomic E-state index is 13.0. The van der Waals surface area contributed by atoms with Crippen LogP contribution < -0.4 is 10.6 Å². The van der Waals surface area contributed by atoms with Gasteiger partial charge in [-0.15, -0.1) is 0 Å². The zero-order valence-corrected chi connectivity index (χ0v) is 19.2. The molecule has 1 heterocycles. The quantitative estimate of drug-likeness (QED) is 0.610. The first-order valence-electron chi connectivity index (χ1n) is 10.8. The van der Waals surface area contributed by atoms with Gasteiger partial charge in [-0.3, -0.25) is 4.79 Å². The Bertz CT molecular complexity index is 968. The number of hydrogen-bond acceptors (Lipinski definition) is 5. The highest BCUT2D eigenvalue weighted by Gasteiger charge is 2.47. The Kier molecular flexibility index (Phi) is 7.57. The third-order valence-corrected chi connectivity index (χ3v) is 8.19.